The number of nitriles is 1. The molecule has 0 aliphatic heterocycles. The van der Waals surface area contributed by atoms with Gasteiger partial charge in [-0.1, -0.05) is 30.3 Å². The number of methoxy groups -OCH3 is 1. The first-order valence-corrected chi connectivity index (χ1v) is 8.30. The van der Waals surface area contributed by atoms with Gasteiger partial charge in [0.05, 0.1) is 12.8 Å². The third kappa shape index (κ3) is 2.06. The third-order valence-corrected chi connectivity index (χ3v) is 4.88. The van der Waals surface area contributed by atoms with Crippen molar-refractivity contribution in [3.05, 3.63) is 59.3 Å². The number of pyridine rings is 1. The lowest BCUT2D eigenvalue weighted by Crippen LogP contribution is -2.06. The van der Waals surface area contributed by atoms with Crippen molar-refractivity contribution in [1.29, 1.82) is 5.26 Å². The highest BCUT2D eigenvalue weighted by atomic mass is 16.5. The summed E-state index contributed by atoms with van der Waals surface area (Å²) in [7, 11) is 1.64. The highest BCUT2D eigenvalue weighted by Gasteiger charge is 2.22. The number of aryl methyl sites for hydroxylation is 1. The van der Waals surface area contributed by atoms with Crippen LogP contribution in [0.1, 0.15) is 16.7 Å². The molecule has 2 aromatic heterocycles. The molecule has 5 heteroatoms. The molecule has 0 amide bonds. The molecule has 2 aromatic carbocycles. The normalized spacial score (nSPS) is 11.0. The number of anilines is 1. The molecule has 0 bridgehead atoms. The van der Waals surface area contributed by atoms with Gasteiger partial charge in [0.15, 0.2) is 0 Å². The topological polar surface area (TPSA) is 76.9 Å². The number of nitrogens with zero attached hydrogens (tertiary/aromatic N) is 3. The van der Waals surface area contributed by atoms with E-state index in [9.17, 15) is 5.26 Å². The molecule has 4 aromatic rings. The van der Waals surface area contributed by atoms with E-state index in [1.165, 1.54) is 0 Å². The summed E-state index contributed by atoms with van der Waals surface area (Å²) in [5.74, 6) is 1.16. The first-order chi connectivity index (χ1) is 12.6. The van der Waals surface area contributed by atoms with Crippen molar-refractivity contribution in [2.24, 2.45) is 0 Å². The maximum absolute atomic E-state index is 9.78. The van der Waals surface area contributed by atoms with Gasteiger partial charge in [-0.25, -0.2) is 4.98 Å². The highest BCUT2D eigenvalue weighted by molar-refractivity contribution is 6.10. The number of rotatable bonds is 2. The third-order valence-electron chi connectivity index (χ3n) is 4.88. The maximum atomic E-state index is 9.78. The predicted octanol–water partition coefficient (Wildman–Crippen LogP) is 4.26. The van der Waals surface area contributed by atoms with Gasteiger partial charge in [-0.05, 0) is 30.9 Å². The molecule has 2 heterocycles. The summed E-state index contributed by atoms with van der Waals surface area (Å²) < 4.78 is 7.35. The lowest BCUT2D eigenvalue weighted by Gasteiger charge is -2.16. The van der Waals surface area contributed by atoms with E-state index in [1.54, 1.807) is 7.11 Å². The number of nitrogen functional groups attached to an aromatic ring is 1. The average molecular weight is 342 g/mol. The van der Waals surface area contributed by atoms with Crippen molar-refractivity contribution in [3.8, 4) is 17.5 Å². The van der Waals surface area contributed by atoms with E-state index in [4.69, 9.17) is 10.5 Å². The van der Waals surface area contributed by atoms with E-state index < -0.39 is 0 Å². The van der Waals surface area contributed by atoms with Crippen molar-refractivity contribution in [2.75, 3.05) is 12.8 Å². The number of hydrogen-bond acceptors (Lipinski definition) is 4. The molecule has 0 fully saturated rings. The molecule has 5 nitrogen and oxygen atoms in total. The van der Waals surface area contributed by atoms with Gasteiger partial charge in [0, 0.05) is 22.5 Å². The van der Waals surface area contributed by atoms with Crippen LogP contribution in [0.3, 0.4) is 0 Å². The van der Waals surface area contributed by atoms with Gasteiger partial charge in [-0.3, -0.25) is 4.57 Å². The number of nitrogens with two attached hydrogens (primary N) is 1. The van der Waals surface area contributed by atoms with Crippen molar-refractivity contribution < 1.29 is 4.74 Å². The molecular formula is C21H18N4O. The molecule has 0 radical (unpaired) electrons. The van der Waals surface area contributed by atoms with Crippen molar-refractivity contribution in [3.63, 3.8) is 0 Å². The Hall–Kier alpha value is -3.52. The van der Waals surface area contributed by atoms with Gasteiger partial charge in [0.25, 0.3) is 0 Å². The number of aromatic nitrogens is 2. The quantitative estimate of drug-likeness (QED) is 0.590. The van der Waals surface area contributed by atoms with E-state index in [0.29, 0.717) is 17.0 Å². The van der Waals surface area contributed by atoms with Crippen molar-refractivity contribution >= 4 is 27.6 Å². The minimum absolute atomic E-state index is 0.394. The van der Waals surface area contributed by atoms with E-state index >= 15 is 0 Å². The molecule has 0 saturated heterocycles. The van der Waals surface area contributed by atoms with Gasteiger partial charge in [0.2, 0.25) is 0 Å². The molecule has 26 heavy (non-hydrogen) atoms. The second-order valence-electron chi connectivity index (χ2n) is 6.31. The highest BCUT2D eigenvalue weighted by Crippen LogP contribution is 2.38. The summed E-state index contributed by atoms with van der Waals surface area (Å²) in [5, 5.41) is 12.5. The Morgan fingerprint density at radius 3 is 2.65 bits per heavy atom. The number of benzene rings is 2. The SMILES string of the molecule is COc1ccc(C)c(-n2c(N)c(C#N)c3c4ccccc4cnc32)c1C. The predicted molar refractivity (Wildman–Crippen MR) is 104 cm³/mol. The van der Waals surface area contributed by atoms with Crippen molar-refractivity contribution in [1.82, 2.24) is 9.55 Å². The fraction of sp³-hybridized carbons (Fsp3) is 0.143. The molecule has 0 unspecified atom stereocenters. The Bertz CT molecular complexity index is 1210. The van der Waals surface area contributed by atoms with Gasteiger partial charge >= 0.3 is 0 Å². The lowest BCUT2D eigenvalue weighted by atomic mass is 10.1. The van der Waals surface area contributed by atoms with Gasteiger partial charge < -0.3 is 10.5 Å². The standard InChI is InChI=1S/C21H18N4O/c1-12-8-9-17(26-3)13(2)19(12)25-20(23)16(10-22)18-15-7-5-4-6-14(15)11-24-21(18)25/h4-9,11H,23H2,1-3H3. The Kier molecular flexibility index (Phi) is 3.55. The Labute approximate surface area is 151 Å². The zero-order chi connectivity index (χ0) is 18.4. The zero-order valence-corrected chi connectivity index (χ0v) is 14.9. The van der Waals surface area contributed by atoms with E-state index in [1.807, 2.05) is 61.0 Å². The van der Waals surface area contributed by atoms with Crippen LogP contribution in [0.4, 0.5) is 5.82 Å². The molecular weight excluding hydrogens is 324 g/mol. The summed E-state index contributed by atoms with van der Waals surface area (Å²) >= 11 is 0. The number of ether oxygens (including phenoxy) is 1. The fourth-order valence-electron chi connectivity index (χ4n) is 3.64. The molecule has 0 aliphatic rings. The van der Waals surface area contributed by atoms with Crippen LogP contribution in [0.15, 0.2) is 42.6 Å². The second kappa shape index (κ2) is 5.78. The van der Waals surface area contributed by atoms with Crippen molar-refractivity contribution in [2.45, 2.75) is 13.8 Å². The average Bonchev–Trinajstić information content (AvgIpc) is 2.94. The molecule has 0 atom stereocenters. The molecule has 0 saturated carbocycles. The maximum Gasteiger partial charge on any atom is 0.148 e. The summed E-state index contributed by atoms with van der Waals surface area (Å²) in [6.45, 7) is 4.00. The van der Waals surface area contributed by atoms with Crippen LogP contribution in [0, 0.1) is 25.2 Å². The molecule has 2 N–H and O–H groups in total. The van der Waals surface area contributed by atoms with E-state index in [2.05, 4.69) is 11.1 Å². The van der Waals surface area contributed by atoms with Crippen LogP contribution in [-0.4, -0.2) is 16.7 Å². The first kappa shape index (κ1) is 16.0. The van der Waals surface area contributed by atoms with Crippen LogP contribution in [0.5, 0.6) is 5.75 Å². The van der Waals surface area contributed by atoms with Crippen LogP contribution in [0.2, 0.25) is 0 Å². The monoisotopic (exact) mass is 342 g/mol. The zero-order valence-electron chi connectivity index (χ0n) is 14.9. The smallest absolute Gasteiger partial charge is 0.148 e. The molecule has 0 spiro atoms. The van der Waals surface area contributed by atoms with Crippen LogP contribution >= 0.6 is 0 Å². The van der Waals surface area contributed by atoms with Gasteiger partial charge in [0.1, 0.15) is 28.8 Å². The van der Waals surface area contributed by atoms with Gasteiger partial charge in [-0.2, -0.15) is 5.26 Å². The minimum Gasteiger partial charge on any atom is -0.496 e. The number of fused-ring (bicyclic) bond motifs is 3. The Morgan fingerprint density at radius 1 is 1.15 bits per heavy atom. The van der Waals surface area contributed by atoms with Crippen LogP contribution < -0.4 is 10.5 Å². The summed E-state index contributed by atoms with van der Waals surface area (Å²) in [6.07, 6.45) is 1.82. The van der Waals surface area contributed by atoms with E-state index in [-0.39, 0.29) is 0 Å². The van der Waals surface area contributed by atoms with Crippen LogP contribution in [0.25, 0.3) is 27.5 Å². The summed E-state index contributed by atoms with van der Waals surface area (Å²) in [4.78, 5) is 4.64. The summed E-state index contributed by atoms with van der Waals surface area (Å²) in [6, 6.07) is 14.1. The second-order valence-corrected chi connectivity index (χ2v) is 6.31. The summed E-state index contributed by atoms with van der Waals surface area (Å²) in [5.41, 5.74) is 10.5. The lowest BCUT2D eigenvalue weighted by molar-refractivity contribution is 0.411. The van der Waals surface area contributed by atoms with Crippen LogP contribution in [-0.2, 0) is 0 Å². The Balaban J connectivity index is 2.22. The molecule has 0 aliphatic carbocycles. The minimum atomic E-state index is 0.394. The van der Waals surface area contributed by atoms with E-state index in [0.717, 1.165) is 38.7 Å². The fourth-order valence-corrected chi connectivity index (χ4v) is 3.64. The molecule has 4 rings (SSSR count). The van der Waals surface area contributed by atoms with Gasteiger partial charge in [-0.15, -0.1) is 0 Å². The molecule has 128 valence electrons. The first-order valence-electron chi connectivity index (χ1n) is 8.30. The Morgan fingerprint density at radius 2 is 1.92 bits per heavy atom. The number of hydrogen-bond donors (Lipinski definition) is 1. The largest absolute Gasteiger partial charge is 0.496 e.